The van der Waals surface area contributed by atoms with Gasteiger partial charge in [0.05, 0.1) is 17.4 Å². The molecule has 0 saturated carbocycles. The zero-order chi connectivity index (χ0) is 20.2. The first kappa shape index (κ1) is 19.5. The van der Waals surface area contributed by atoms with Gasteiger partial charge in [-0.05, 0) is 50.3 Å². The third-order valence-corrected chi connectivity index (χ3v) is 5.93. The average Bonchev–Trinajstić information content (AvgIpc) is 3.41. The molecule has 1 atom stereocenters. The van der Waals surface area contributed by atoms with Crippen molar-refractivity contribution in [2.75, 3.05) is 17.7 Å². The van der Waals surface area contributed by atoms with Gasteiger partial charge >= 0.3 is 6.03 Å². The van der Waals surface area contributed by atoms with Crippen LogP contribution in [0.3, 0.4) is 0 Å². The molecule has 0 spiro atoms. The quantitative estimate of drug-likeness (QED) is 0.551. The molecule has 0 N–H and O–H groups in total. The number of thioether (sulfide) groups is 1. The van der Waals surface area contributed by atoms with Gasteiger partial charge in [-0.2, -0.15) is 0 Å². The highest BCUT2D eigenvalue weighted by Crippen LogP contribution is 2.36. The molecule has 2 heterocycles. The van der Waals surface area contributed by atoms with Crippen LogP contribution in [0.5, 0.6) is 0 Å². The summed E-state index contributed by atoms with van der Waals surface area (Å²) >= 11 is 1.58. The first-order valence-electron chi connectivity index (χ1n) is 9.92. The minimum Gasteiger partial charge on any atom is -0.314 e. The van der Waals surface area contributed by atoms with Crippen molar-refractivity contribution in [2.45, 2.75) is 37.5 Å². The smallest absolute Gasteiger partial charge is 0.314 e. The van der Waals surface area contributed by atoms with Gasteiger partial charge in [0.2, 0.25) is 0 Å². The normalized spacial score (nSPS) is 16.2. The maximum atomic E-state index is 13.8. The largest absolute Gasteiger partial charge is 0.329 e. The van der Waals surface area contributed by atoms with Gasteiger partial charge in [-0.3, -0.25) is 4.90 Å². The van der Waals surface area contributed by atoms with Crippen molar-refractivity contribution in [3.8, 4) is 0 Å². The van der Waals surface area contributed by atoms with Crippen LogP contribution in [0.15, 0.2) is 65.8 Å². The lowest BCUT2D eigenvalue weighted by atomic mass is 10.2. The molecule has 7 heteroatoms. The van der Waals surface area contributed by atoms with Crippen LogP contribution in [0.4, 0.5) is 16.2 Å². The highest BCUT2D eigenvalue weighted by Gasteiger charge is 2.37. The molecule has 3 aromatic rings. The highest BCUT2D eigenvalue weighted by molar-refractivity contribution is 7.98. The van der Waals surface area contributed by atoms with Crippen molar-refractivity contribution in [1.82, 2.24) is 19.7 Å². The second-order valence-corrected chi connectivity index (χ2v) is 7.70. The third-order valence-electron chi connectivity index (χ3n) is 5.26. The summed E-state index contributed by atoms with van der Waals surface area (Å²) < 4.78 is 2.12. The monoisotopic (exact) mass is 407 g/mol. The number of rotatable bonds is 5. The molecule has 1 saturated heterocycles. The van der Waals surface area contributed by atoms with Gasteiger partial charge in [-0.15, -0.1) is 10.2 Å². The van der Waals surface area contributed by atoms with Crippen molar-refractivity contribution < 1.29 is 4.79 Å². The summed E-state index contributed by atoms with van der Waals surface area (Å²) in [6, 6.07) is 19.5. The number of carbonyl (C=O) groups is 1. The Kier molecular flexibility index (Phi) is 5.85. The Hall–Kier alpha value is -2.80. The molecule has 2 aromatic carbocycles. The lowest BCUT2D eigenvalue weighted by Gasteiger charge is -2.31. The molecule has 0 bridgehead atoms. The number of aromatic nitrogens is 3. The minimum atomic E-state index is -0.0641. The molecule has 0 radical (unpaired) electrons. The highest BCUT2D eigenvalue weighted by atomic mass is 32.2. The van der Waals surface area contributed by atoms with Gasteiger partial charge in [0.25, 0.3) is 0 Å². The fraction of sp³-hybridized carbons (Fsp3) is 0.318. The third kappa shape index (κ3) is 3.74. The predicted octanol–water partition coefficient (Wildman–Crippen LogP) is 5.12. The zero-order valence-electron chi connectivity index (χ0n) is 16.7. The Morgan fingerprint density at radius 1 is 1.07 bits per heavy atom. The van der Waals surface area contributed by atoms with Crippen LogP contribution in [-0.4, -0.2) is 38.5 Å². The molecule has 1 aromatic heterocycles. The van der Waals surface area contributed by atoms with Crippen molar-refractivity contribution >= 4 is 29.2 Å². The minimum absolute atomic E-state index is 0.0266. The zero-order valence-corrected chi connectivity index (χ0v) is 17.5. The first-order chi connectivity index (χ1) is 14.2. The number of hydrogen-bond acceptors (Lipinski definition) is 4. The van der Waals surface area contributed by atoms with Crippen LogP contribution in [-0.2, 0) is 6.54 Å². The van der Waals surface area contributed by atoms with Gasteiger partial charge in [0.1, 0.15) is 0 Å². The molecular formula is C22H25N5OS. The van der Waals surface area contributed by atoms with E-state index in [9.17, 15) is 4.79 Å². The molecule has 2 amide bonds. The van der Waals surface area contributed by atoms with Gasteiger partial charge in [0.15, 0.2) is 11.0 Å². The summed E-state index contributed by atoms with van der Waals surface area (Å²) in [6.45, 7) is 3.59. The van der Waals surface area contributed by atoms with Crippen LogP contribution in [0.25, 0.3) is 0 Å². The lowest BCUT2D eigenvalue weighted by molar-refractivity contribution is 0.199. The van der Waals surface area contributed by atoms with E-state index in [0.29, 0.717) is 6.54 Å². The molecule has 0 unspecified atom stereocenters. The number of hydrogen-bond donors (Lipinski definition) is 0. The van der Waals surface area contributed by atoms with Crippen LogP contribution >= 0.6 is 11.8 Å². The Morgan fingerprint density at radius 3 is 2.24 bits per heavy atom. The number of para-hydroxylation sites is 2. The number of nitrogens with zero attached hydrogens (tertiary/aromatic N) is 5. The number of benzene rings is 2. The Bertz CT molecular complexity index is 920. The summed E-state index contributed by atoms with van der Waals surface area (Å²) in [4.78, 5) is 17.5. The summed E-state index contributed by atoms with van der Waals surface area (Å²) in [5.74, 6) is 0.878. The maximum Gasteiger partial charge on any atom is 0.329 e. The second-order valence-electron chi connectivity index (χ2n) is 6.93. The van der Waals surface area contributed by atoms with Gasteiger partial charge in [0, 0.05) is 13.1 Å². The fourth-order valence-electron chi connectivity index (χ4n) is 3.91. The van der Waals surface area contributed by atoms with Gasteiger partial charge < -0.3 is 9.47 Å². The van der Waals surface area contributed by atoms with E-state index in [1.165, 1.54) is 0 Å². The van der Waals surface area contributed by atoms with Crippen LogP contribution in [0.2, 0.25) is 0 Å². The van der Waals surface area contributed by atoms with E-state index in [4.69, 9.17) is 0 Å². The van der Waals surface area contributed by atoms with Crippen molar-refractivity contribution in [3.05, 3.63) is 66.5 Å². The number of urea groups is 1. The van der Waals surface area contributed by atoms with Crippen molar-refractivity contribution in [3.63, 3.8) is 0 Å². The number of anilines is 2. The molecule has 29 heavy (non-hydrogen) atoms. The Balaban J connectivity index is 1.71. The van der Waals surface area contributed by atoms with E-state index in [0.717, 1.165) is 41.7 Å². The molecule has 1 aliphatic rings. The molecule has 0 aliphatic carbocycles. The number of carbonyl (C=O) groups excluding carboxylic acids is 1. The standard InChI is InChI=1S/C22H25N5OS/c1-3-25-20(23-24-21(25)29-2)19-15-10-16-26(19)22(28)27(17-11-6-4-7-12-17)18-13-8-5-9-14-18/h4-9,11-14,19H,3,10,15-16H2,1-2H3/t19-/m0/s1. The van der Waals surface area contributed by atoms with Gasteiger partial charge in [-0.25, -0.2) is 4.79 Å². The topological polar surface area (TPSA) is 54.3 Å². The molecule has 6 nitrogen and oxygen atoms in total. The van der Waals surface area contributed by atoms with E-state index in [1.54, 1.807) is 16.7 Å². The summed E-state index contributed by atoms with van der Waals surface area (Å²) in [7, 11) is 0. The van der Waals surface area contributed by atoms with E-state index in [2.05, 4.69) is 21.7 Å². The van der Waals surface area contributed by atoms with Crippen molar-refractivity contribution in [2.24, 2.45) is 0 Å². The summed E-state index contributed by atoms with van der Waals surface area (Å²) in [6.07, 6.45) is 3.86. The molecule has 1 aliphatic heterocycles. The fourth-order valence-corrected chi connectivity index (χ4v) is 4.48. The molecule has 4 rings (SSSR count). The number of amides is 2. The van der Waals surface area contributed by atoms with E-state index in [1.807, 2.05) is 71.8 Å². The Morgan fingerprint density at radius 2 is 1.69 bits per heavy atom. The molecule has 1 fully saturated rings. The average molecular weight is 408 g/mol. The van der Waals surface area contributed by atoms with Gasteiger partial charge in [-0.1, -0.05) is 48.2 Å². The van der Waals surface area contributed by atoms with Crippen molar-refractivity contribution in [1.29, 1.82) is 0 Å². The maximum absolute atomic E-state index is 13.8. The number of likely N-dealkylation sites (tertiary alicyclic amines) is 1. The summed E-state index contributed by atoms with van der Waals surface area (Å²) in [5, 5.41) is 9.68. The first-order valence-corrected chi connectivity index (χ1v) is 11.1. The van der Waals surface area contributed by atoms with Crippen LogP contribution < -0.4 is 4.90 Å². The molecular weight excluding hydrogens is 382 g/mol. The molecule has 150 valence electrons. The lowest BCUT2D eigenvalue weighted by Crippen LogP contribution is -2.41. The second kappa shape index (κ2) is 8.69. The van der Waals surface area contributed by atoms with E-state index < -0.39 is 0 Å². The SMILES string of the molecule is CCn1c(SC)nnc1[C@@H]1CCCN1C(=O)N(c1ccccc1)c1ccccc1. The van der Waals surface area contributed by atoms with Crippen LogP contribution in [0.1, 0.15) is 31.6 Å². The predicted molar refractivity (Wildman–Crippen MR) is 117 cm³/mol. The Labute approximate surface area is 175 Å². The van der Waals surface area contributed by atoms with E-state index >= 15 is 0 Å². The van der Waals surface area contributed by atoms with E-state index in [-0.39, 0.29) is 12.1 Å². The summed E-state index contributed by atoms with van der Waals surface area (Å²) in [5.41, 5.74) is 1.72. The van der Waals surface area contributed by atoms with Crippen LogP contribution in [0, 0.1) is 0 Å².